The second-order valence-electron chi connectivity index (χ2n) is 8.21. The molecule has 0 saturated heterocycles. The number of nitrogens with zero attached hydrogens (tertiary/aromatic N) is 1. The molecule has 156 valence electrons. The molecule has 2 aliphatic rings. The van der Waals surface area contributed by atoms with Crippen LogP contribution in [0, 0.1) is 11.3 Å². The van der Waals surface area contributed by atoms with Gasteiger partial charge in [0.25, 0.3) is 0 Å². The van der Waals surface area contributed by atoms with Crippen molar-refractivity contribution in [1.82, 2.24) is 0 Å². The summed E-state index contributed by atoms with van der Waals surface area (Å²) < 4.78 is 34.6. The van der Waals surface area contributed by atoms with Crippen molar-refractivity contribution in [1.29, 1.82) is 0 Å². The summed E-state index contributed by atoms with van der Waals surface area (Å²) in [7, 11) is 0. The molecule has 0 bridgehead atoms. The average molecular weight is 405 g/mol. The van der Waals surface area contributed by atoms with E-state index in [1.807, 2.05) is 13.8 Å². The summed E-state index contributed by atoms with van der Waals surface area (Å²) in [6.45, 7) is 4.80. The Balaban J connectivity index is 2.09. The van der Waals surface area contributed by atoms with Crippen molar-refractivity contribution in [3.8, 4) is 5.75 Å². The summed E-state index contributed by atoms with van der Waals surface area (Å²) in [5, 5.41) is 0. The monoisotopic (exact) mass is 405 g/mol. The Morgan fingerprint density at radius 1 is 1.24 bits per heavy atom. The molecule has 29 heavy (non-hydrogen) atoms. The fourth-order valence-corrected chi connectivity index (χ4v) is 4.20. The standard InChI is InChI=1S/C22H25F2NO4/c1-5-28-20(27)17-12(2)25-15-10-22(3,4)11-16(26)19(15)18(17)13-6-8-14(9-7-13)29-21(23)24/h6-9,17-18,21H,5,10-11H2,1-4H3/t17?,18-/m0/s1. The summed E-state index contributed by atoms with van der Waals surface area (Å²) in [6, 6.07) is 6.07. The molecule has 1 aromatic rings. The molecule has 1 aliphatic heterocycles. The first kappa shape index (κ1) is 21.1. The highest BCUT2D eigenvalue weighted by Gasteiger charge is 2.45. The predicted octanol–water partition coefficient (Wildman–Crippen LogP) is 4.67. The number of hydrogen-bond acceptors (Lipinski definition) is 5. The van der Waals surface area contributed by atoms with E-state index >= 15 is 0 Å². The van der Waals surface area contributed by atoms with E-state index in [1.54, 1.807) is 26.0 Å². The largest absolute Gasteiger partial charge is 0.465 e. The van der Waals surface area contributed by atoms with Gasteiger partial charge in [0, 0.05) is 29.3 Å². The molecule has 1 aromatic carbocycles. The van der Waals surface area contributed by atoms with Gasteiger partial charge in [0.15, 0.2) is 5.78 Å². The van der Waals surface area contributed by atoms with Crippen molar-refractivity contribution in [2.75, 3.05) is 6.61 Å². The maximum absolute atomic E-state index is 13.1. The second kappa shape index (κ2) is 8.05. The lowest BCUT2D eigenvalue weighted by atomic mass is 9.67. The topological polar surface area (TPSA) is 65.0 Å². The van der Waals surface area contributed by atoms with E-state index in [0.717, 1.165) is 0 Å². The molecule has 0 radical (unpaired) electrons. The molecule has 1 heterocycles. The number of allylic oxidation sites excluding steroid dienone is 2. The number of ketones is 1. The van der Waals surface area contributed by atoms with Gasteiger partial charge in [-0.2, -0.15) is 8.78 Å². The third-order valence-corrected chi connectivity index (χ3v) is 5.31. The van der Waals surface area contributed by atoms with E-state index in [1.165, 1.54) is 12.1 Å². The Morgan fingerprint density at radius 3 is 2.48 bits per heavy atom. The van der Waals surface area contributed by atoms with E-state index in [2.05, 4.69) is 9.73 Å². The molecule has 1 unspecified atom stereocenters. The Kier molecular flexibility index (Phi) is 5.87. The maximum Gasteiger partial charge on any atom is 0.387 e. The molecule has 1 aliphatic carbocycles. The Morgan fingerprint density at radius 2 is 1.90 bits per heavy atom. The minimum Gasteiger partial charge on any atom is -0.465 e. The van der Waals surface area contributed by atoms with E-state index in [-0.39, 0.29) is 23.6 Å². The number of hydrogen-bond donors (Lipinski definition) is 0. The van der Waals surface area contributed by atoms with Gasteiger partial charge in [0.2, 0.25) is 0 Å². The molecule has 2 atom stereocenters. The zero-order valence-corrected chi connectivity index (χ0v) is 17.0. The van der Waals surface area contributed by atoms with E-state index in [0.29, 0.717) is 35.4 Å². The van der Waals surface area contributed by atoms with Crippen molar-refractivity contribution < 1.29 is 27.8 Å². The smallest absolute Gasteiger partial charge is 0.387 e. The third-order valence-electron chi connectivity index (χ3n) is 5.31. The van der Waals surface area contributed by atoms with Crippen LogP contribution >= 0.6 is 0 Å². The highest BCUT2D eigenvalue weighted by atomic mass is 19.3. The molecule has 0 saturated carbocycles. The highest BCUT2D eigenvalue weighted by Crippen LogP contribution is 2.48. The number of alkyl halides is 2. The highest BCUT2D eigenvalue weighted by molar-refractivity contribution is 6.09. The Labute approximate surface area is 168 Å². The molecule has 0 amide bonds. The number of ether oxygens (including phenoxy) is 2. The first-order valence-electron chi connectivity index (χ1n) is 9.66. The lowest BCUT2D eigenvalue weighted by Crippen LogP contribution is -2.39. The SMILES string of the molecule is CCOC(=O)C1C(C)=NC2=C(C(=O)CC(C)(C)C2)[C@H]1c1ccc(OC(F)F)cc1. The summed E-state index contributed by atoms with van der Waals surface area (Å²) >= 11 is 0. The summed E-state index contributed by atoms with van der Waals surface area (Å²) in [4.78, 5) is 30.4. The Bertz CT molecular complexity index is 871. The number of rotatable bonds is 5. The van der Waals surface area contributed by atoms with Gasteiger partial charge in [-0.05, 0) is 43.4 Å². The van der Waals surface area contributed by atoms with Crippen molar-refractivity contribution in [3.63, 3.8) is 0 Å². The molecule has 5 nitrogen and oxygen atoms in total. The van der Waals surface area contributed by atoms with Gasteiger partial charge in [-0.15, -0.1) is 0 Å². The number of Topliss-reactive ketones (excluding diaryl/α,β-unsaturated/α-hetero) is 1. The zero-order chi connectivity index (χ0) is 21.3. The normalized spacial score (nSPS) is 23.6. The van der Waals surface area contributed by atoms with Crippen molar-refractivity contribution in [2.45, 2.75) is 53.1 Å². The number of carbonyl (C=O) groups is 2. The predicted molar refractivity (Wildman–Crippen MR) is 104 cm³/mol. The van der Waals surface area contributed by atoms with Crippen LogP contribution in [0.2, 0.25) is 0 Å². The molecule has 0 N–H and O–H groups in total. The third kappa shape index (κ3) is 4.38. The van der Waals surface area contributed by atoms with Gasteiger partial charge in [-0.1, -0.05) is 26.0 Å². The molecular weight excluding hydrogens is 380 g/mol. The molecule has 0 fully saturated rings. The number of esters is 1. The fourth-order valence-electron chi connectivity index (χ4n) is 4.20. The minimum absolute atomic E-state index is 0.0166. The van der Waals surface area contributed by atoms with E-state index in [9.17, 15) is 18.4 Å². The van der Waals surface area contributed by atoms with Gasteiger partial charge in [-0.25, -0.2) is 0 Å². The van der Waals surface area contributed by atoms with Crippen LogP contribution in [-0.2, 0) is 14.3 Å². The first-order chi connectivity index (χ1) is 13.6. The van der Waals surface area contributed by atoms with Crippen molar-refractivity contribution in [2.24, 2.45) is 16.3 Å². The summed E-state index contributed by atoms with van der Waals surface area (Å²) in [6.07, 6.45) is 0.989. The number of halogens is 2. The maximum atomic E-state index is 13.1. The number of benzene rings is 1. The van der Waals surface area contributed by atoms with Crippen LogP contribution in [0.4, 0.5) is 8.78 Å². The van der Waals surface area contributed by atoms with Gasteiger partial charge in [0.05, 0.1) is 6.61 Å². The van der Waals surface area contributed by atoms with E-state index < -0.39 is 24.4 Å². The summed E-state index contributed by atoms with van der Waals surface area (Å²) in [5.74, 6) is -1.77. The Hall–Kier alpha value is -2.57. The van der Waals surface area contributed by atoms with Crippen LogP contribution in [-0.4, -0.2) is 30.7 Å². The van der Waals surface area contributed by atoms with Crippen LogP contribution in [0.1, 0.15) is 52.0 Å². The van der Waals surface area contributed by atoms with Crippen molar-refractivity contribution >= 4 is 17.5 Å². The van der Waals surface area contributed by atoms with Crippen LogP contribution in [0.3, 0.4) is 0 Å². The lowest BCUT2D eigenvalue weighted by Gasteiger charge is -2.39. The molecule has 0 spiro atoms. The molecule has 3 rings (SSSR count). The van der Waals surface area contributed by atoms with Crippen molar-refractivity contribution in [3.05, 3.63) is 41.1 Å². The van der Waals surface area contributed by atoms with E-state index in [4.69, 9.17) is 4.74 Å². The number of carbonyl (C=O) groups excluding carboxylic acids is 2. The van der Waals surface area contributed by atoms with Crippen LogP contribution < -0.4 is 4.74 Å². The van der Waals surface area contributed by atoms with Crippen LogP contribution in [0.25, 0.3) is 0 Å². The second-order valence-corrected chi connectivity index (χ2v) is 8.21. The van der Waals surface area contributed by atoms with Crippen LogP contribution in [0.5, 0.6) is 5.75 Å². The van der Waals surface area contributed by atoms with Crippen LogP contribution in [0.15, 0.2) is 40.5 Å². The van der Waals surface area contributed by atoms with Gasteiger partial charge in [-0.3, -0.25) is 14.6 Å². The summed E-state index contributed by atoms with van der Waals surface area (Å²) in [5.41, 5.74) is 2.26. The number of aliphatic imine (C=N–C) groups is 1. The lowest BCUT2D eigenvalue weighted by molar-refractivity contribution is -0.146. The quantitative estimate of drug-likeness (QED) is 0.668. The molecule has 7 heteroatoms. The molecule has 0 aromatic heterocycles. The van der Waals surface area contributed by atoms with Gasteiger partial charge < -0.3 is 9.47 Å². The van der Waals surface area contributed by atoms with Gasteiger partial charge >= 0.3 is 12.6 Å². The zero-order valence-electron chi connectivity index (χ0n) is 17.0. The minimum atomic E-state index is -2.92. The van der Waals surface area contributed by atoms with Gasteiger partial charge in [0.1, 0.15) is 11.7 Å². The average Bonchev–Trinajstić information content (AvgIpc) is 2.59. The fraction of sp³-hybridized carbons (Fsp3) is 0.500. The molecular formula is C22H25F2NO4. The first-order valence-corrected chi connectivity index (χ1v) is 9.66.